The van der Waals surface area contributed by atoms with E-state index in [0.717, 1.165) is 30.8 Å². The Morgan fingerprint density at radius 2 is 2.05 bits per heavy atom. The minimum Gasteiger partial charge on any atom is -0.496 e. The highest BCUT2D eigenvalue weighted by molar-refractivity contribution is 7.90. The lowest BCUT2D eigenvalue weighted by Crippen LogP contribution is -2.34. The molecule has 1 aromatic rings. The van der Waals surface area contributed by atoms with E-state index in [-0.39, 0.29) is 0 Å². The minimum atomic E-state index is -3.52. The van der Waals surface area contributed by atoms with E-state index in [1.165, 1.54) is 4.31 Å². The first-order chi connectivity index (χ1) is 9.90. The summed E-state index contributed by atoms with van der Waals surface area (Å²) >= 11 is 0. The zero-order valence-corrected chi connectivity index (χ0v) is 14.0. The maximum absolute atomic E-state index is 12.2. The van der Waals surface area contributed by atoms with Crippen LogP contribution < -0.4 is 14.8 Å². The Labute approximate surface area is 127 Å². The van der Waals surface area contributed by atoms with Gasteiger partial charge in [0, 0.05) is 13.6 Å². The first-order valence-corrected chi connectivity index (χ1v) is 8.44. The molecule has 0 aromatic heterocycles. The maximum Gasteiger partial charge on any atom is 0.301 e. The summed E-state index contributed by atoms with van der Waals surface area (Å²) in [7, 11) is -0.360. The lowest BCUT2D eigenvalue weighted by Gasteiger charge is -2.19. The number of nitrogens with zero attached hydrogens (tertiary/aromatic N) is 1. The van der Waals surface area contributed by atoms with Crippen LogP contribution in [0.2, 0.25) is 0 Å². The van der Waals surface area contributed by atoms with E-state index in [9.17, 15) is 8.42 Å². The van der Waals surface area contributed by atoms with Gasteiger partial charge >= 0.3 is 10.2 Å². The smallest absolute Gasteiger partial charge is 0.301 e. The van der Waals surface area contributed by atoms with Gasteiger partial charge < -0.3 is 10.1 Å². The molecule has 6 nitrogen and oxygen atoms in total. The average Bonchev–Trinajstić information content (AvgIpc) is 2.43. The Morgan fingerprint density at radius 3 is 2.62 bits per heavy atom. The monoisotopic (exact) mass is 315 g/mol. The second-order valence-electron chi connectivity index (χ2n) is 4.82. The van der Waals surface area contributed by atoms with Crippen LogP contribution in [0.5, 0.6) is 5.75 Å². The number of hydrogen-bond donors (Lipinski definition) is 2. The third-order valence-electron chi connectivity index (χ3n) is 3.13. The Morgan fingerprint density at radius 1 is 1.33 bits per heavy atom. The molecule has 0 unspecified atom stereocenters. The van der Waals surface area contributed by atoms with Crippen molar-refractivity contribution in [3.63, 3.8) is 0 Å². The Bertz CT molecular complexity index is 546. The quantitative estimate of drug-likeness (QED) is 0.679. The van der Waals surface area contributed by atoms with Gasteiger partial charge in [-0.1, -0.05) is 6.92 Å². The SMILES string of the molecule is CCNCCCN(C)S(=O)(=O)Nc1ccc(OC)c(C)c1. The summed E-state index contributed by atoms with van der Waals surface area (Å²) in [6, 6.07) is 5.19. The van der Waals surface area contributed by atoms with Crippen LogP contribution >= 0.6 is 0 Å². The van der Waals surface area contributed by atoms with Gasteiger partial charge in [-0.15, -0.1) is 0 Å². The van der Waals surface area contributed by atoms with Crippen molar-refractivity contribution in [3.05, 3.63) is 23.8 Å². The van der Waals surface area contributed by atoms with Gasteiger partial charge in [0.15, 0.2) is 0 Å². The molecule has 0 radical (unpaired) electrons. The van der Waals surface area contributed by atoms with E-state index in [1.54, 1.807) is 32.4 Å². The van der Waals surface area contributed by atoms with Crippen molar-refractivity contribution in [2.24, 2.45) is 0 Å². The van der Waals surface area contributed by atoms with Crippen LogP contribution in [0.25, 0.3) is 0 Å². The van der Waals surface area contributed by atoms with Crippen LogP contribution in [0.4, 0.5) is 5.69 Å². The molecular formula is C14H25N3O3S. The van der Waals surface area contributed by atoms with E-state index in [2.05, 4.69) is 10.0 Å². The van der Waals surface area contributed by atoms with Crippen LogP contribution in [0, 0.1) is 6.92 Å². The molecule has 2 N–H and O–H groups in total. The van der Waals surface area contributed by atoms with Crippen LogP contribution in [-0.4, -0.2) is 46.5 Å². The third kappa shape index (κ3) is 5.53. The molecule has 0 aliphatic heterocycles. The van der Waals surface area contributed by atoms with Gasteiger partial charge in [-0.2, -0.15) is 12.7 Å². The number of nitrogens with one attached hydrogen (secondary N) is 2. The molecule has 0 amide bonds. The van der Waals surface area contributed by atoms with Gasteiger partial charge in [0.1, 0.15) is 5.75 Å². The number of rotatable bonds is 9. The van der Waals surface area contributed by atoms with Crippen molar-refractivity contribution in [3.8, 4) is 5.75 Å². The lowest BCUT2D eigenvalue weighted by atomic mass is 10.2. The van der Waals surface area contributed by atoms with Crippen LogP contribution in [0.1, 0.15) is 18.9 Å². The van der Waals surface area contributed by atoms with Gasteiger partial charge in [0.25, 0.3) is 0 Å². The predicted molar refractivity (Wildman–Crippen MR) is 86.1 cm³/mol. The van der Waals surface area contributed by atoms with E-state index in [4.69, 9.17) is 4.74 Å². The summed E-state index contributed by atoms with van der Waals surface area (Å²) in [5, 5.41) is 3.17. The fraction of sp³-hybridized carbons (Fsp3) is 0.571. The fourth-order valence-electron chi connectivity index (χ4n) is 1.89. The fourth-order valence-corrected chi connectivity index (χ4v) is 2.84. The third-order valence-corrected chi connectivity index (χ3v) is 4.63. The molecule has 0 saturated carbocycles. The highest BCUT2D eigenvalue weighted by atomic mass is 32.2. The van der Waals surface area contributed by atoms with Gasteiger partial charge in [0.2, 0.25) is 0 Å². The van der Waals surface area contributed by atoms with Crippen molar-refractivity contribution in [2.45, 2.75) is 20.3 Å². The molecule has 0 spiro atoms. The Kier molecular flexibility index (Phi) is 6.94. The molecule has 1 aromatic carbocycles. The molecule has 0 atom stereocenters. The van der Waals surface area contributed by atoms with Crippen LogP contribution in [0.15, 0.2) is 18.2 Å². The first kappa shape index (κ1) is 17.7. The molecule has 0 aliphatic carbocycles. The molecule has 0 heterocycles. The number of benzene rings is 1. The second kappa shape index (κ2) is 8.21. The zero-order chi connectivity index (χ0) is 15.9. The lowest BCUT2D eigenvalue weighted by molar-refractivity contribution is 0.412. The Hall–Kier alpha value is -1.31. The van der Waals surface area contributed by atoms with Crippen molar-refractivity contribution in [1.29, 1.82) is 0 Å². The highest BCUT2D eigenvalue weighted by Gasteiger charge is 2.17. The van der Waals surface area contributed by atoms with Gasteiger partial charge in [-0.25, -0.2) is 0 Å². The molecule has 1 rings (SSSR count). The van der Waals surface area contributed by atoms with Crippen molar-refractivity contribution in [1.82, 2.24) is 9.62 Å². The van der Waals surface area contributed by atoms with Crippen LogP contribution in [-0.2, 0) is 10.2 Å². The van der Waals surface area contributed by atoms with Crippen molar-refractivity contribution < 1.29 is 13.2 Å². The molecule has 120 valence electrons. The molecule has 0 aliphatic rings. The standard InChI is InChI=1S/C14H25N3O3S/c1-5-15-9-6-10-17(3)21(18,19)16-13-7-8-14(20-4)12(2)11-13/h7-8,11,15-16H,5-6,9-10H2,1-4H3. The largest absolute Gasteiger partial charge is 0.496 e. The average molecular weight is 315 g/mol. The summed E-state index contributed by atoms with van der Waals surface area (Å²) in [6.45, 7) is 6.06. The second-order valence-corrected chi connectivity index (χ2v) is 6.60. The van der Waals surface area contributed by atoms with Crippen molar-refractivity contribution >= 4 is 15.9 Å². The van der Waals surface area contributed by atoms with Crippen molar-refractivity contribution in [2.75, 3.05) is 38.5 Å². The van der Waals surface area contributed by atoms with E-state index in [1.807, 2.05) is 13.8 Å². The summed E-state index contributed by atoms with van der Waals surface area (Å²) in [6.07, 6.45) is 0.771. The highest BCUT2D eigenvalue weighted by Crippen LogP contribution is 2.22. The number of aryl methyl sites for hydroxylation is 1. The van der Waals surface area contributed by atoms with E-state index >= 15 is 0 Å². The summed E-state index contributed by atoms with van der Waals surface area (Å²) in [5.41, 5.74) is 1.42. The zero-order valence-electron chi connectivity index (χ0n) is 13.1. The number of hydrogen-bond acceptors (Lipinski definition) is 4. The van der Waals surface area contributed by atoms with Crippen LogP contribution in [0.3, 0.4) is 0 Å². The first-order valence-electron chi connectivity index (χ1n) is 7.00. The summed E-state index contributed by atoms with van der Waals surface area (Å²) in [5.74, 6) is 0.733. The molecule has 7 heteroatoms. The molecule has 0 fully saturated rings. The molecular weight excluding hydrogens is 290 g/mol. The van der Waals surface area contributed by atoms with E-state index < -0.39 is 10.2 Å². The summed E-state index contributed by atoms with van der Waals surface area (Å²) < 4.78 is 33.4. The van der Waals surface area contributed by atoms with E-state index in [0.29, 0.717) is 12.2 Å². The molecule has 0 saturated heterocycles. The number of anilines is 1. The predicted octanol–water partition coefficient (Wildman–Crippen LogP) is 1.59. The number of methoxy groups -OCH3 is 1. The van der Waals surface area contributed by atoms with Gasteiger partial charge in [-0.05, 0) is 50.2 Å². The summed E-state index contributed by atoms with van der Waals surface area (Å²) in [4.78, 5) is 0. The maximum atomic E-state index is 12.2. The van der Waals surface area contributed by atoms with Gasteiger partial charge in [0.05, 0.1) is 12.8 Å². The van der Waals surface area contributed by atoms with Gasteiger partial charge in [-0.3, -0.25) is 4.72 Å². The minimum absolute atomic E-state index is 0.470. The molecule has 0 bridgehead atoms. The topological polar surface area (TPSA) is 70.7 Å². The molecule has 21 heavy (non-hydrogen) atoms. The Balaban J connectivity index is 2.64. The normalized spacial score (nSPS) is 11.7. The number of ether oxygens (including phenoxy) is 1.